The molecule has 0 amide bonds. The number of rotatable bonds is 1. The molecular weight excluding hydrogens is 190 g/mol. The number of aryl methyl sites for hydroxylation is 2. The third-order valence-corrected chi connectivity index (χ3v) is 1.92. The molecule has 62 valence electrons. The molecule has 0 unspecified atom stereocenters. The third kappa shape index (κ3) is 1.92. The van der Waals surface area contributed by atoms with E-state index in [1.807, 2.05) is 26.0 Å². The van der Waals surface area contributed by atoms with Crippen molar-refractivity contribution in [2.75, 3.05) is 0 Å². The van der Waals surface area contributed by atoms with Gasteiger partial charge in [0.15, 0.2) is 0 Å². The molecule has 0 spiro atoms. The SMILES string of the molecule is Cc1cc(Cl)cc(C)c1N=C=S. The summed E-state index contributed by atoms with van der Waals surface area (Å²) in [6.07, 6.45) is 0. The maximum Gasteiger partial charge on any atom is 0.0798 e. The molecule has 3 heteroatoms. The van der Waals surface area contributed by atoms with Crippen molar-refractivity contribution in [3.05, 3.63) is 28.3 Å². The second kappa shape index (κ2) is 3.81. The fraction of sp³-hybridized carbons (Fsp3) is 0.222. The van der Waals surface area contributed by atoms with Crippen molar-refractivity contribution >= 4 is 34.7 Å². The fourth-order valence-electron chi connectivity index (χ4n) is 1.13. The van der Waals surface area contributed by atoms with Crippen LogP contribution in [0.4, 0.5) is 5.69 Å². The molecule has 0 atom stereocenters. The van der Waals surface area contributed by atoms with Gasteiger partial charge >= 0.3 is 0 Å². The summed E-state index contributed by atoms with van der Waals surface area (Å²) in [5.74, 6) is 0. The van der Waals surface area contributed by atoms with Gasteiger partial charge in [0.1, 0.15) is 0 Å². The van der Waals surface area contributed by atoms with Crippen LogP contribution >= 0.6 is 23.8 Å². The van der Waals surface area contributed by atoms with E-state index in [4.69, 9.17) is 11.6 Å². The second-order valence-electron chi connectivity index (χ2n) is 2.59. The van der Waals surface area contributed by atoms with Gasteiger partial charge in [-0.05, 0) is 49.3 Å². The van der Waals surface area contributed by atoms with E-state index in [0.717, 1.165) is 21.8 Å². The Labute approximate surface area is 82.1 Å². The number of isothiocyanates is 1. The maximum absolute atomic E-state index is 5.83. The molecule has 0 fully saturated rings. The minimum atomic E-state index is 0.730. The lowest BCUT2D eigenvalue weighted by Crippen LogP contribution is -1.79. The minimum Gasteiger partial charge on any atom is -0.194 e. The Morgan fingerprint density at radius 3 is 2.25 bits per heavy atom. The Morgan fingerprint density at radius 1 is 1.33 bits per heavy atom. The summed E-state index contributed by atoms with van der Waals surface area (Å²) in [6.45, 7) is 3.90. The summed E-state index contributed by atoms with van der Waals surface area (Å²) in [6, 6.07) is 3.72. The maximum atomic E-state index is 5.83. The van der Waals surface area contributed by atoms with Gasteiger partial charge in [0.05, 0.1) is 10.8 Å². The predicted octanol–water partition coefficient (Wildman–Crippen LogP) is 3.69. The van der Waals surface area contributed by atoms with Crippen LogP contribution in [0, 0.1) is 13.8 Å². The third-order valence-electron chi connectivity index (χ3n) is 1.61. The first-order valence-electron chi connectivity index (χ1n) is 3.50. The lowest BCUT2D eigenvalue weighted by Gasteiger charge is -2.02. The normalized spacial score (nSPS) is 9.25. The number of aliphatic imine (C=N–C) groups is 1. The highest BCUT2D eigenvalue weighted by molar-refractivity contribution is 7.78. The van der Waals surface area contributed by atoms with Crippen molar-refractivity contribution in [1.82, 2.24) is 0 Å². The van der Waals surface area contributed by atoms with Crippen LogP contribution in [0.2, 0.25) is 5.02 Å². The van der Waals surface area contributed by atoms with Crippen LogP contribution in [0.1, 0.15) is 11.1 Å². The molecule has 0 aliphatic rings. The number of hydrogen-bond acceptors (Lipinski definition) is 2. The van der Waals surface area contributed by atoms with Crippen LogP contribution in [0.25, 0.3) is 0 Å². The van der Waals surface area contributed by atoms with Gasteiger partial charge < -0.3 is 0 Å². The summed E-state index contributed by atoms with van der Waals surface area (Å²) >= 11 is 10.4. The topological polar surface area (TPSA) is 12.4 Å². The Balaban J connectivity index is 3.37. The average Bonchev–Trinajstić information content (AvgIpc) is 1.96. The zero-order chi connectivity index (χ0) is 9.14. The molecule has 1 nitrogen and oxygen atoms in total. The summed E-state index contributed by atoms with van der Waals surface area (Å²) in [7, 11) is 0. The van der Waals surface area contributed by atoms with Gasteiger partial charge in [0.2, 0.25) is 0 Å². The monoisotopic (exact) mass is 197 g/mol. The van der Waals surface area contributed by atoms with E-state index < -0.39 is 0 Å². The van der Waals surface area contributed by atoms with Gasteiger partial charge in [0, 0.05) is 5.02 Å². The molecule has 0 saturated carbocycles. The Hall–Kier alpha value is -0.690. The van der Waals surface area contributed by atoms with Crippen molar-refractivity contribution in [1.29, 1.82) is 0 Å². The Kier molecular flexibility index (Phi) is 2.99. The van der Waals surface area contributed by atoms with Crippen molar-refractivity contribution in [2.45, 2.75) is 13.8 Å². The highest BCUT2D eigenvalue weighted by atomic mass is 35.5. The van der Waals surface area contributed by atoms with Gasteiger partial charge in [0.25, 0.3) is 0 Å². The first kappa shape index (κ1) is 9.40. The van der Waals surface area contributed by atoms with E-state index in [0.29, 0.717) is 0 Å². The molecule has 0 N–H and O–H groups in total. The lowest BCUT2D eigenvalue weighted by atomic mass is 10.1. The average molecular weight is 198 g/mol. The molecule has 0 saturated heterocycles. The van der Waals surface area contributed by atoms with Crippen molar-refractivity contribution < 1.29 is 0 Å². The fourth-order valence-corrected chi connectivity index (χ4v) is 1.54. The van der Waals surface area contributed by atoms with Gasteiger partial charge in [-0.2, -0.15) is 4.99 Å². The number of hydrogen-bond donors (Lipinski definition) is 0. The standard InChI is InChI=1S/C9H8ClNS/c1-6-3-8(10)4-7(2)9(6)11-5-12/h3-4H,1-2H3. The molecule has 0 radical (unpaired) electrons. The van der Waals surface area contributed by atoms with Crippen molar-refractivity contribution in [3.63, 3.8) is 0 Å². The molecule has 0 bridgehead atoms. The summed E-state index contributed by atoms with van der Waals surface area (Å²) in [5.41, 5.74) is 2.92. The van der Waals surface area contributed by atoms with E-state index in [1.54, 1.807) is 0 Å². The smallest absolute Gasteiger partial charge is 0.0798 e. The molecule has 0 aromatic heterocycles. The predicted molar refractivity (Wildman–Crippen MR) is 55.6 cm³/mol. The quantitative estimate of drug-likeness (QED) is 0.494. The highest BCUT2D eigenvalue weighted by Crippen LogP contribution is 2.26. The number of thiocarbonyl (C=S) groups is 1. The summed E-state index contributed by atoms with van der Waals surface area (Å²) in [4.78, 5) is 3.95. The zero-order valence-electron chi connectivity index (χ0n) is 6.89. The van der Waals surface area contributed by atoms with E-state index in [-0.39, 0.29) is 0 Å². The van der Waals surface area contributed by atoms with E-state index >= 15 is 0 Å². The largest absolute Gasteiger partial charge is 0.194 e. The van der Waals surface area contributed by atoms with Gasteiger partial charge in [-0.3, -0.25) is 0 Å². The Bertz CT molecular complexity index is 331. The van der Waals surface area contributed by atoms with Gasteiger partial charge in [-0.1, -0.05) is 11.6 Å². The first-order chi connectivity index (χ1) is 5.65. The molecule has 1 aromatic rings. The molecular formula is C9H8ClNS. The summed E-state index contributed by atoms with van der Waals surface area (Å²) < 4.78 is 0. The highest BCUT2D eigenvalue weighted by Gasteiger charge is 2.01. The summed E-state index contributed by atoms with van der Waals surface area (Å²) in [5, 5.41) is 3.08. The van der Waals surface area contributed by atoms with Crippen LogP contribution < -0.4 is 0 Å². The van der Waals surface area contributed by atoms with Crippen molar-refractivity contribution in [3.8, 4) is 0 Å². The van der Waals surface area contributed by atoms with Crippen LogP contribution in [-0.2, 0) is 0 Å². The second-order valence-corrected chi connectivity index (χ2v) is 3.21. The molecule has 0 aliphatic heterocycles. The first-order valence-corrected chi connectivity index (χ1v) is 4.28. The number of nitrogens with zero attached hydrogens (tertiary/aromatic N) is 1. The molecule has 0 aliphatic carbocycles. The molecule has 12 heavy (non-hydrogen) atoms. The molecule has 1 rings (SSSR count). The number of benzene rings is 1. The van der Waals surface area contributed by atoms with Crippen LogP contribution in [0.3, 0.4) is 0 Å². The van der Waals surface area contributed by atoms with Gasteiger partial charge in [-0.15, -0.1) is 0 Å². The molecule has 1 aromatic carbocycles. The van der Waals surface area contributed by atoms with Crippen molar-refractivity contribution in [2.24, 2.45) is 4.99 Å². The van der Waals surface area contributed by atoms with E-state index in [2.05, 4.69) is 22.4 Å². The molecule has 0 heterocycles. The van der Waals surface area contributed by atoms with Crippen LogP contribution in [0.5, 0.6) is 0 Å². The minimum absolute atomic E-state index is 0.730. The Morgan fingerprint density at radius 2 is 1.83 bits per heavy atom. The van der Waals surface area contributed by atoms with Gasteiger partial charge in [-0.25, -0.2) is 0 Å². The van der Waals surface area contributed by atoms with Crippen LogP contribution in [-0.4, -0.2) is 5.16 Å². The zero-order valence-corrected chi connectivity index (χ0v) is 8.46. The van der Waals surface area contributed by atoms with E-state index in [1.165, 1.54) is 0 Å². The number of halogens is 1. The van der Waals surface area contributed by atoms with E-state index in [9.17, 15) is 0 Å². The van der Waals surface area contributed by atoms with Crippen LogP contribution in [0.15, 0.2) is 17.1 Å². The lowest BCUT2D eigenvalue weighted by molar-refractivity contribution is 1.34.